The van der Waals surface area contributed by atoms with Crippen LogP contribution in [0, 0.1) is 18.8 Å². The van der Waals surface area contributed by atoms with Gasteiger partial charge in [-0.3, -0.25) is 9.98 Å². The number of nitrogens with one attached hydrogen (secondary N) is 1. The molecule has 1 fully saturated rings. The molecule has 1 saturated carbocycles. The van der Waals surface area contributed by atoms with E-state index in [0.717, 1.165) is 42.3 Å². The Balaban J connectivity index is 1.59. The molecular weight excluding hydrogens is 343 g/mol. The molecule has 1 aromatic heterocycles. The Bertz CT molecular complexity index is 825. The number of aliphatic imine (C=N–C) groups is 1. The zero-order valence-electron chi connectivity index (χ0n) is 17.0. The van der Waals surface area contributed by atoms with Crippen LogP contribution in [0.3, 0.4) is 0 Å². The van der Waals surface area contributed by atoms with Crippen molar-refractivity contribution in [1.82, 2.24) is 10.3 Å². The second-order valence-corrected chi connectivity index (χ2v) is 7.55. The lowest BCUT2D eigenvalue weighted by atomic mass is 9.69. The maximum absolute atomic E-state index is 6.27. The highest BCUT2D eigenvalue weighted by molar-refractivity contribution is 6.37. The molecule has 2 heterocycles. The topological polar surface area (TPSA) is 63.3 Å². The number of dihydropyridines is 1. The Morgan fingerprint density at radius 1 is 1.39 bits per heavy atom. The van der Waals surface area contributed by atoms with Crippen LogP contribution in [0.2, 0.25) is 12.6 Å². The highest BCUT2D eigenvalue weighted by Crippen LogP contribution is 2.40. The van der Waals surface area contributed by atoms with Gasteiger partial charge in [-0.05, 0) is 62.2 Å². The molecule has 1 aromatic rings. The minimum absolute atomic E-state index is 0.128. The van der Waals surface area contributed by atoms with Crippen molar-refractivity contribution < 1.29 is 0 Å². The van der Waals surface area contributed by atoms with E-state index >= 15 is 0 Å². The third-order valence-corrected chi connectivity index (χ3v) is 5.01. The van der Waals surface area contributed by atoms with Gasteiger partial charge in [0.15, 0.2) is 0 Å². The number of pyridine rings is 1. The number of nitrogens with zero attached hydrogens (tertiary/aromatic N) is 2. The van der Waals surface area contributed by atoms with Gasteiger partial charge < -0.3 is 11.1 Å². The van der Waals surface area contributed by atoms with Crippen molar-refractivity contribution in [2.75, 3.05) is 0 Å². The van der Waals surface area contributed by atoms with Gasteiger partial charge in [0.1, 0.15) is 7.28 Å². The van der Waals surface area contributed by atoms with E-state index in [1.165, 1.54) is 24.1 Å². The summed E-state index contributed by atoms with van der Waals surface area (Å²) in [4.78, 5) is 9.30. The summed E-state index contributed by atoms with van der Waals surface area (Å²) in [5.41, 5.74) is 12.1. The van der Waals surface area contributed by atoms with Crippen LogP contribution in [0.25, 0.3) is 0 Å². The van der Waals surface area contributed by atoms with Gasteiger partial charge in [-0.1, -0.05) is 13.0 Å². The summed E-state index contributed by atoms with van der Waals surface area (Å²) in [6.07, 6.45) is 14.0. The third kappa shape index (κ3) is 5.84. The first-order valence-electron chi connectivity index (χ1n) is 10.3. The molecule has 145 valence electrons. The molecule has 0 saturated heterocycles. The van der Waals surface area contributed by atoms with Gasteiger partial charge in [0.2, 0.25) is 0 Å². The first-order valence-corrected chi connectivity index (χ1v) is 10.3. The van der Waals surface area contributed by atoms with Crippen LogP contribution in [0.5, 0.6) is 0 Å². The Morgan fingerprint density at radius 3 is 3.00 bits per heavy atom. The fraction of sp³-hybridized carbons (Fsp3) is 0.478. The number of aryl methyl sites for hydroxylation is 1. The molecule has 2 aliphatic rings. The second-order valence-electron chi connectivity index (χ2n) is 7.55. The molecule has 1 atom stereocenters. The van der Waals surface area contributed by atoms with Gasteiger partial charge in [-0.2, -0.15) is 0 Å². The van der Waals surface area contributed by atoms with Crippen molar-refractivity contribution in [1.29, 1.82) is 0 Å². The zero-order valence-corrected chi connectivity index (χ0v) is 17.0. The lowest BCUT2D eigenvalue weighted by Crippen LogP contribution is -2.29. The molecule has 1 radical (unpaired) electrons. The first kappa shape index (κ1) is 20.4. The zero-order chi connectivity index (χ0) is 19.8. The van der Waals surface area contributed by atoms with Crippen molar-refractivity contribution in [3.8, 4) is 11.8 Å². The Morgan fingerprint density at radius 2 is 2.25 bits per heavy atom. The molecule has 3 rings (SSSR count). The highest BCUT2D eigenvalue weighted by atomic mass is 14.9. The van der Waals surface area contributed by atoms with E-state index in [1.807, 2.05) is 24.7 Å². The van der Waals surface area contributed by atoms with Crippen molar-refractivity contribution in [2.24, 2.45) is 10.7 Å². The van der Waals surface area contributed by atoms with Crippen LogP contribution >= 0.6 is 0 Å². The Kier molecular flexibility index (Phi) is 7.50. The van der Waals surface area contributed by atoms with Gasteiger partial charge in [0.25, 0.3) is 0 Å². The minimum atomic E-state index is -0.128. The van der Waals surface area contributed by atoms with Crippen molar-refractivity contribution >= 4 is 13.5 Å². The second kappa shape index (κ2) is 10.3. The smallest absolute Gasteiger partial charge is 0.133 e. The van der Waals surface area contributed by atoms with Gasteiger partial charge in [-0.25, -0.2) is 0 Å². The van der Waals surface area contributed by atoms with Crippen LogP contribution in [0.1, 0.15) is 55.3 Å². The third-order valence-electron chi connectivity index (χ3n) is 5.01. The molecular formula is C23H30BN4. The molecule has 0 bridgehead atoms. The van der Waals surface area contributed by atoms with Crippen LogP contribution in [0.4, 0.5) is 0 Å². The monoisotopic (exact) mass is 373 g/mol. The summed E-state index contributed by atoms with van der Waals surface area (Å²) < 4.78 is 0. The van der Waals surface area contributed by atoms with E-state index in [1.54, 1.807) is 0 Å². The molecule has 0 aromatic carbocycles. The normalized spacial score (nSPS) is 18.8. The standard InChI is InChI=1S/C23H30BN4/c1-3-4-5-6-10-24-13-22-20(21(25)9-11-27-22)16-26-14-18-12-17(2)23(28-15-18)19-7-8-19/h9,11-12,15-16,19,21,27H,3-4,7-8,10,13-14,25H2,1-2H3. The number of hydrogen-bond acceptors (Lipinski definition) is 4. The maximum atomic E-state index is 6.27. The van der Waals surface area contributed by atoms with E-state index in [9.17, 15) is 0 Å². The molecule has 1 aliphatic heterocycles. The van der Waals surface area contributed by atoms with E-state index in [-0.39, 0.29) is 6.04 Å². The molecule has 1 aliphatic carbocycles. The van der Waals surface area contributed by atoms with Gasteiger partial charge in [0, 0.05) is 41.7 Å². The summed E-state index contributed by atoms with van der Waals surface area (Å²) in [6.45, 7) is 4.92. The molecule has 28 heavy (non-hydrogen) atoms. The fourth-order valence-electron chi connectivity index (χ4n) is 3.32. The van der Waals surface area contributed by atoms with Crippen LogP contribution in [0.15, 0.2) is 40.8 Å². The quantitative estimate of drug-likeness (QED) is 0.315. The number of aromatic nitrogens is 1. The van der Waals surface area contributed by atoms with Crippen LogP contribution in [-0.2, 0) is 6.54 Å². The molecule has 0 amide bonds. The Hall–Kier alpha value is -2.32. The van der Waals surface area contributed by atoms with E-state index < -0.39 is 0 Å². The predicted molar refractivity (Wildman–Crippen MR) is 118 cm³/mol. The van der Waals surface area contributed by atoms with Crippen molar-refractivity contribution in [2.45, 2.75) is 70.7 Å². The average molecular weight is 373 g/mol. The average Bonchev–Trinajstić information content (AvgIpc) is 3.51. The van der Waals surface area contributed by atoms with Crippen LogP contribution in [-0.4, -0.2) is 24.5 Å². The maximum Gasteiger partial charge on any atom is 0.133 e. The summed E-state index contributed by atoms with van der Waals surface area (Å²) >= 11 is 0. The van der Waals surface area contributed by atoms with Crippen LogP contribution < -0.4 is 11.1 Å². The predicted octanol–water partition coefficient (Wildman–Crippen LogP) is 3.88. The lowest BCUT2D eigenvalue weighted by molar-refractivity contribution is 0.880. The van der Waals surface area contributed by atoms with E-state index in [0.29, 0.717) is 12.5 Å². The molecule has 0 spiro atoms. The fourth-order valence-corrected chi connectivity index (χ4v) is 3.32. The minimum Gasteiger partial charge on any atom is -0.366 e. The summed E-state index contributed by atoms with van der Waals surface area (Å²) in [6, 6.07) is 2.09. The largest absolute Gasteiger partial charge is 0.366 e. The van der Waals surface area contributed by atoms with E-state index in [4.69, 9.17) is 5.73 Å². The highest BCUT2D eigenvalue weighted by Gasteiger charge is 2.26. The summed E-state index contributed by atoms with van der Waals surface area (Å²) in [7, 11) is 2.19. The van der Waals surface area contributed by atoms with Crippen molar-refractivity contribution in [3.05, 3.63) is 52.6 Å². The molecule has 4 nitrogen and oxygen atoms in total. The lowest BCUT2D eigenvalue weighted by Gasteiger charge is -2.20. The first-order chi connectivity index (χ1) is 13.7. The number of allylic oxidation sites excluding steroid dienone is 1. The number of nitrogens with two attached hydrogens (primary N) is 1. The summed E-state index contributed by atoms with van der Waals surface area (Å²) in [5, 5.41) is 3.32. The van der Waals surface area contributed by atoms with Gasteiger partial charge >= 0.3 is 0 Å². The summed E-state index contributed by atoms with van der Waals surface area (Å²) in [5.74, 6) is 7.06. The molecule has 5 heteroatoms. The SMILES string of the molecule is CCCC#CC[B]CC1=C(C=NCc2cnc(C3CC3)c(C)c2)C(N)C=CN1. The number of unbranched alkanes of at least 4 members (excludes halogenated alkanes) is 1. The van der Waals surface area contributed by atoms with E-state index in [2.05, 4.69) is 54.3 Å². The molecule has 3 N–H and O–H groups in total. The number of hydrogen-bond donors (Lipinski definition) is 2. The van der Waals surface area contributed by atoms with Gasteiger partial charge in [-0.15, -0.1) is 11.8 Å². The van der Waals surface area contributed by atoms with Crippen molar-refractivity contribution in [3.63, 3.8) is 0 Å². The molecule has 1 unspecified atom stereocenters. The number of rotatable bonds is 8. The van der Waals surface area contributed by atoms with Gasteiger partial charge in [0.05, 0.1) is 12.6 Å². The Labute approximate surface area is 170 Å².